The standard InChI is InChI=1S/C14H18N2O3/c1-16-7-2-3-9-4-5-10-11(12(9)16)14(15,13(17)18)6-8-19-10/h4-5H,2-3,6-8,15H2,1H3,(H,17,18). The number of rotatable bonds is 1. The lowest BCUT2D eigenvalue weighted by Crippen LogP contribution is -2.49. The lowest BCUT2D eigenvalue weighted by molar-refractivity contribution is -0.144. The second kappa shape index (κ2) is 4.13. The number of fused-ring (bicyclic) bond motifs is 3. The summed E-state index contributed by atoms with van der Waals surface area (Å²) in [5.74, 6) is -0.368. The van der Waals surface area contributed by atoms with Crippen molar-refractivity contribution < 1.29 is 14.6 Å². The van der Waals surface area contributed by atoms with Gasteiger partial charge >= 0.3 is 5.97 Å². The third kappa shape index (κ3) is 1.69. The summed E-state index contributed by atoms with van der Waals surface area (Å²) in [6.45, 7) is 1.26. The van der Waals surface area contributed by atoms with Gasteiger partial charge in [0.2, 0.25) is 0 Å². The van der Waals surface area contributed by atoms with Crippen LogP contribution in [0.1, 0.15) is 24.0 Å². The van der Waals surface area contributed by atoms with Crippen molar-refractivity contribution in [3.05, 3.63) is 23.3 Å². The van der Waals surface area contributed by atoms with Gasteiger partial charge in [0.05, 0.1) is 6.61 Å². The van der Waals surface area contributed by atoms with Gasteiger partial charge in [-0.25, -0.2) is 4.79 Å². The van der Waals surface area contributed by atoms with Gasteiger partial charge < -0.3 is 20.5 Å². The molecule has 0 fully saturated rings. The van der Waals surface area contributed by atoms with Crippen LogP contribution in [0.15, 0.2) is 12.1 Å². The third-order valence-electron chi connectivity index (χ3n) is 4.13. The Morgan fingerprint density at radius 1 is 1.53 bits per heavy atom. The van der Waals surface area contributed by atoms with E-state index in [0.717, 1.165) is 30.6 Å². The molecule has 1 atom stereocenters. The number of hydrogen-bond acceptors (Lipinski definition) is 4. The van der Waals surface area contributed by atoms with Crippen LogP contribution in [-0.4, -0.2) is 31.3 Å². The van der Waals surface area contributed by atoms with Crippen LogP contribution in [0.25, 0.3) is 0 Å². The Labute approximate surface area is 112 Å². The fourth-order valence-corrected chi connectivity index (χ4v) is 3.08. The molecule has 0 aromatic heterocycles. The maximum absolute atomic E-state index is 11.6. The molecule has 2 aliphatic rings. The van der Waals surface area contributed by atoms with Crippen molar-refractivity contribution in [2.45, 2.75) is 24.8 Å². The van der Waals surface area contributed by atoms with Crippen LogP contribution >= 0.6 is 0 Å². The van der Waals surface area contributed by atoms with Crippen LogP contribution in [0.5, 0.6) is 5.75 Å². The highest BCUT2D eigenvalue weighted by Crippen LogP contribution is 2.45. The molecule has 3 N–H and O–H groups in total. The quantitative estimate of drug-likeness (QED) is 0.792. The molecule has 3 rings (SSSR count). The van der Waals surface area contributed by atoms with Gasteiger partial charge in [-0.2, -0.15) is 0 Å². The van der Waals surface area contributed by atoms with Crippen molar-refractivity contribution in [2.24, 2.45) is 5.73 Å². The van der Waals surface area contributed by atoms with Crippen LogP contribution in [0.2, 0.25) is 0 Å². The molecule has 0 aliphatic carbocycles. The molecule has 19 heavy (non-hydrogen) atoms. The number of nitrogens with two attached hydrogens (primary N) is 1. The van der Waals surface area contributed by atoms with Crippen molar-refractivity contribution in [2.75, 3.05) is 25.1 Å². The molecule has 1 aromatic rings. The number of carboxylic acid groups (broad SMARTS) is 1. The Hall–Kier alpha value is -1.75. The Kier molecular flexibility index (Phi) is 2.67. The molecule has 0 radical (unpaired) electrons. The molecule has 0 bridgehead atoms. The number of nitrogens with zero attached hydrogens (tertiary/aromatic N) is 1. The molecule has 0 saturated carbocycles. The highest BCUT2D eigenvalue weighted by Gasteiger charge is 2.44. The van der Waals surface area contributed by atoms with Crippen LogP contribution in [0.4, 0.5) is 5.69 Å². The number of benzene rings is 1. The molecule has 5 heteroatoms. The summed E-state index contributed by atoms with van der Waals surface area (Å²) >= 11 is 0. The largest absolute Gasteiger partial charge is 0.493 e. The van der Waals surface area contributed by atoms with E-state index in [-0.39, 0.29) is 0 Å². The zero-order valence-corrected chi connectivity index (χ0v) is 11.0. The van der Waals surface area contributed by atoms with E-state index in [0.29, 0.717) is 24.3 Å². The number of carboxylic acids is 1. The fourth-order valence-electron chi connectivity index (χ4n) is 3.08. The number of aliphatic carboxylic acids is 1. The van der Waals surface area contributed by atoms with E-state index in [9.17, 15) is 9.90 Å². The summed E-state index contributed by atoms with van der Waals surface area (Å²) in [5, 5.41) is 9.53. The molecule has 0 amide bonds. The first kappa shape index (κ1) is 12.3. The molecular formula is C14H18N2O3. The van der Waals surface area contributed by atoms with Gasteiger partial charge in [-0.05, 0) is 24.5 Å². The first-order valence-electron chi connectivity index (χ1n) is 6.56. The van der Waals surface area contributed by atoms with Gasteiger partial charge in [-0.1, -0.05) is 6.07 Å². The summed E-state index contributed by atoms with van der Waals surface area (Å²) in [6.07, 6.45) is 2.34. The highest BCUT2D eigenvalue weighted by atomic mass is 16.5. The number of hydrogen-bond donors (Lipinski definition) is 2. The van der Waals surface area contributed by atoms with Crippen molar-refractivity contribution in [1.29, 1.82) is 0 Å². The molecule has 5 nitrogen and oxygen atoms in total. The lowest BCUT2D eigenvalue weighted by Gasteiger charge is -2.38. The van der Waals surface area contributed by atoms with E-state index < -0.39 is 11.5 Å². The summed E-state index contributed by atoms with van der Waals surface area (Å²) < 4.78 is 5.61. The van der Waals surface area contributed by atoms with Crippen molar-refractivity contribution in [1.82, 2.24) is 0 Å². The van der Waals surface area contributed by atoms with Gasteiger partial charge in [-0.15, -0.1) is 0 Å². The summed E-state index contributed by atoms with van der Waals surface area (Å²) in [4.78, 5) is 13.7. The maximum atomic E-state index is 11.6. The SMILES string of the molecule is CN1CCCc2ccc3c(c21)C(N)(C(=O)O)CCO3. The molecule has 0 saturated heterocycles. The minimum atomic E-state index is -1.34. The average molecular weight is 262 g/mol. The minimum Gasteiger partial charge on any atom is -0.493 e. The van der Waals surface area contributed by atoms with E-state index in [4.69, 9.17) is 10.5 Å². The lowest BCUT2D eigenvalue weighted by atomic mass is 9.81. The van der Waals surface area contributed by atoms with Gasteiger partial charge in [-0.3, -0.25) is 0 Å². The summed E-state index contributed by atoms with van der Waals surface area (Å²) in [6, 6.07) is 3.88. The second-order valence-electron chi connectivity index (χ2n) is 5.35. The van der Waals surface area contributed by atoms with Gasteiger partial charge in [0.1, 0.15) is 11.3 Å². The molecular weight excluding hydrogens is 244 g/mol. The zero-order chi connectivity index (χ0) is 13.6. The highest BCUT2D eigenvalue weighted by molar-refractivity contribution is 5.86. The fraction of sp³-hybridized carbons (Fsp3) is 0.500. The average Bonchev–Trinajstić information content (AvgIpc) is 2.39. The molecule has 2 heterocycles. The molecule has 2 aliphatic heterocycles. The zero-order valence-electron chi connectivity index (χ0n) is 11.0. The Morgan fingerprint density at radius 3 is 3.05 bits per heavy atom. The maximum Gasteiger partial charge on any atom is 0.328 e. The van der Waals surface area contributed by atoms with Gasteiger partial charge in [0.25, 0.3) is 0 Å². The van der Waals surface area contributed by atoms with E-state index in [1.54, 1.807) is 0 Å². The Bertz CT molecular complexity index is 544. The normalized spacial score (nSPS) is 25.3. The molecule has 1 aromatic carbocycles. The van der Waals surface area contributed by atoms with Gasteiger partial charge in [0, 0.05) is 31.3 Å². The van der Waals surface area contributed by atoms with E-state index in [2.05, 4.69) is 4.90 Å². The Balaban J connectivity index is 2.27. The van der Waals surface area contributed by atoms with Crippen LogP contribution in [-0.2, 0) is 16.8 Å². The summed E-state index contributed by atoms with van der Waals surface area (Å²) in [7, 11) is 1.98. The topological polar surface area (TPSA) is 75.8 Å². The van der Waals surface area contributed by atoms with Crippen molar-refractivity contribution >= 4 is 11.7 Å². The van der Waals surface area contributed by atoms with Crippen molar-refractivity contribution in [3.63, 3.8) is 0 Å². The van der Waals surface area contributed by atoms with Crippen molar-refractivity contribution in [3.8, 4) is 5.75 Å². The van der Waals surface area contributed by atoms with Crippen LogP contribution < -0.4 is 15.4 Å². The number of ether oxygens (including phenoxy) is 1. The second-order valence-corrected chi connectivity index (χ2v) is 5.35. The first-order valence-corrected chi connectivity index (χ1v) is 6.56. The van der Waals surface area contributed by atoms with E-state index in [1.165, 1.54) is 0 Å². The molecule has 0 spiro atoms. The van der Waals surface area contributed by atoms with Crippen LogP contribution in [0.3, 0.4) is 0 Å². The predicted octanol–water partition coefficient (Wildman–Crippen LogP) is 1.09. The number of aryl methyl sites for hydroxylation is 1. The Morgan fingerprint density at radius 2 is 2.32 bits per heavy atom. The van der Waals surface area contributed by atoms with E-state index in [1.807, 2.05) is 19.2 Å². The monoisotopic (exact) mass is 262 g/mol. The third-order valence-corrected chi connectivity index (χ3v) is 4.13. The molecule has 102 valence electrons. The van der Waals surface area contributed by atoms with Gasteiger partial charge in [0.15, 0.2) is 0 Å². The molecule has 1 unspecified atom stereocenters. The number of carbonyl (C=O) groups is 1. The predicted molar refractivity (Wildman–Crippen MR) is 71.6 cm³/mol. The number of anilines is 1. The minimum absolute atomic E-state index is 0.305. The first-order chi connectivity index (χ1) is 9.04. The van der Waals surface area contributed by atoms with Crippen LogP contribution in [0, 0.1) is 0 Å². The summed E-state index contributed by atoms with van der Waals surface area (Å²) in [5.41, 5.74) is 7.61. The smallest absolute Gasteiger partial charge is 0.328 e. The van der Waals surface area contributed by atoms with E-state index >= 15 is 0 Å².